The summed E-state index contributed by atoms with van der Waals surface area (Å²) in [6.07, 6.45) is 2.69. The van der Waals surface area contributed by atoms with Crippen molar-refractivity contribution in [2.24, 2.45) is 0 Å². The lowest BCUT2D eigenvalue weighted by Crippen LogP contribution is -2.44. The van der Waals surface area contributed by atoms with Gasteiger partial charge in [-0.05, 0) is 37.3 Å². The Morgan fingerprint density at radius 2 is 2.19 bits per heavy atom. The minimum Gasteiger partial charge on any atom is -0.350 e. The van der Waals surface area contributed by atoms with Crippen LogP contribution < -0.4 is 10.6 Å². The molecule has 6 heteroatoms. The fourth-order valence-corrected chi connectivity index (χ4v) is 3.64. The topological polar surface area (TPSA) is 54.0 Å². The smallest absolute Gasteiger partial charge is 0.234 e. The second-order valence-corrected chi connectivity index (χ2v) is 7.08. The fraction of sp³-hybridized carbons (Fsp3) is 0.467. The van der Waals surface area contributed by atoms with E-state index in [9.17, 15) is 4.79 Å². The number of hydrogen-bond acceptors (Lipinski definition) is 5. The lowest BCUT2D eigenvalue weighted by Gasteiger charge is -2.27. The van der Waals surface area contributed by atoms with E-state index in [1.165, 1.54) is 10.4 Å². The van der Waals surface area contributed by atoms with Crippen LogP contribution >= 0.6 is 22.7 Å². The van der Waals surface area contributed by atoms with E-state index >= 15 is 0 Å². The van der Waals surface area contributed by atoms with Crippen LogP contribution in [0, 0.1) is 6.92 Å². The van der Waals surface area contributed by atoms with Gasteiger partial charge in [0.2, 0.25) is 5.91 Å². The molecule has 0 saturated carbocycles. The van der Waals surface area contributed by atoms with E-state index in [1.807, 2.05) is 10.8 Å². The highest BCUT2D eigenvalue weighted by Gasteiger charge is 2.27. The van der Waals surface area contributed by atoms with E-state index in [0.29, 0.717) is 13.1 Å². The highest BCUT2D eigenvalue weighted by atomic mass is 32.1. The van der Waals surface area contributed by atoms with Gasteiger partial charge in [-0.25, -0.2) is 4.98 Å². The van der Waals surface area contributed by atoms with Crippen molar-refractivity contribution in [1.82, 2.24) is 15.6 Å². The molecular weight excluding hydrogens is 302 g/mol. The van der Waals surface area contributed by atoms with Crippen molar-refractivity contribution in [3.05, 3.63) is 38.5 Å². The summed E-state index contributed by atoms with van der Waals surface area (Å²) >= 11 is 3.29. The number of hydrogen-bond donors (Lipinski definition) is 2. The van der Waals surface area contributed by atoms with Gasteiger partial charge in [0.15, 0.2) is 0 Å². The van der Waals surface area contributed by atoms with E-state index in [-0.39, 0.29) is 11.4 Å². The molecule has 4 nitrogen and oxygen atoms in total. The van der Waals surface area contributed by atoms with Crippen LogP contribution in [0.3, 0.4) is 0 Å². The number of thiophene rings is 1. The Hall–Kier alpha value is -1.24. The molecule has 0 aliphatic rings. The van der Waals surface area contributed by atoms with Crippen molar-refractivity contribution < 1.29 is 4.79 Å². The Labute approximate surface area is 133 Å². The van der Waals surface area contributed by atoms with Crippen molar-refractivity contribution in [1.29, 1.82) is 0 Å². The third kappa shape index (κ3) is 4.12. The van der Waals surface area contributed by atoms with Crippen molar-refractivity contribution in [3.63, 3.8) is 0 Å². The molecule has 0 unspecified atom stereocenters. The van der Waals surface area contributed by atoms with Crippen molar-refractivity contribution >= 4 is 28.6 Å². The third-order valence-electron chi connectivity index (χ3n) is 3.66. The van der Waals surface area contributed by atoms with Gasteiger partial charge < -0.3 is 5.32 Å². The zero-order valence-electron chi connectivity index (χ0n) is 12.6. The lowest BCUT2D eigenvalue weighted by molar-refractivity contribution is -0.120. The summed E-state index contributed by atoms with van der Waals surface area (Å²) in [5.41, 5.74) is 0.985. The average molecular weight is 323 g/mol. The first-order valence-electron chi connectivity index (χ1n) is 7.00. The molecular formula is C15H21N3OS2. The number of aromatic nitrogens is 1. The van der Waals surface area contributed by atoms with Crippen LogP contribution in [0.5, 0.6) is 0 Å². The molecule has 2 heterocycles. The molecule has 0 fully saturated rings. The van der Waals surface area contributed by atoms with Gasteiger partial charge in [0, 0.05) is 16.5 Å². The number of carbonyl (C=O) groups excluding carboxylic acids is 1. The summed E-state index contributed by atoms with van der Waals surface area (Å²) in [6.45, 7) is 7.15. The van der Waals surface area contributed by atoms with Crippen molar-refractivity contribution in [3.8, 4) is 0 Å². The van der Waals surface area contributed by atoms with Gasteiger partial charge in [0.05, 0.1) is 18.6 Å². The molecule has 2 rings (SSSR count). The number of aryl methyl sites for hydroxylation is 1. The number of nitrogens with one attached hydrogen (secondary N) is 2. The summed E-state index contributed by atoms with van der Waals surface area (Å²) in [7, 11) is 0. The molecule has 114 valence electrons. The summed E-state index contributed by atoms with van der Waals surface area (Å²) in [4.78, 5) is 17.6. The third-order valence-corrected chi connectivity index (χ3v) is 5.72. The Kier molecular flexibility index (Phi) is 5.50. The van der Waals surface area contributed by atoms with Crippen LogP contribution in [-0.2, 0) is 16.9 Å². The first-order valence-corrected chi connectivity index (χ1v) is 8.76. The lowest BCUT2D eigenvalue weighted by atomic mass is 10.00. The molecule has 21 heavy (non-hydrogen) atoms. The maximum atomic E-state index is 12.0. The van der Waals surface area contributed by atoms with E-state index in [0.717, 1.165) is 11.4 Å². The molecule has 1 amide bonds. The second-order valence-electron chi connectivity index (χ2n) is 5.18. The van der Waals surface area contributed by atoms with Gasteiger partial charge in [0.1, 0.15) is 5.01 Å². The monoisotopic (exact) mass is 323 g/mol. The Bertz CT molecular complexity index is 580. The quantitative estimate of drug-likeness (QED) is 0.823. The normalized spacial score (nSPS) is 13.9. The first kappa shape index (κ1) is 16.1. The SMILES string of the molecule is CC[C@](C)(NCC(=O)NCc1sccc1C)c1nccs1. The minimum absolute atomic E-state index is 0.0130. The van der Waals surface area contributed by atoms with Gasteiger partial charge in [-0.15, -0.1) is 22.7 Å². The zero-order valence-corrected chi connectivity index (χ0v) is 14.2. The number of amides is 1. The summed E-state index contributed by atoms with van der Waals surface area (Å²) in [6, 6.07) is 2.07. The van der Waals surface area contributed by atoms with Gasteiger partial charge >= 0.3 is 0 Å². The van der Waals surface area contributed by atoms with Gasteiger partial charge in [-0.1, -0.05) is 6.92 Å². The number of rotatable bonds is 7. The van der Waals surface area contributed by atoms with Crippen LogP contribution in [0.15, 0.2) is 23.0 Å². The average Bonchev–Trinajstić information content (AvgIpc) is 3.14. The number of thiazole rings is 1. The van der Waals surface area contributed by atoms with Crippen molar-refractivity contribution in [2.45, 2.75) is 39.3 Å². The maximum Gasteiger partial charge on any atom is 0.234 e. The molecule has 0 aromatic carbocycles. The Morgan fingerprint density at radius 3 is 2.76 bits per heavy atom. The minimum atomic E-state index is -0.246. The molecule has 1 atom stereocenters. The van der Waals surface area contributed by atoms with Gasteiger partial charge in [0.25, 0.3) is 0 Å². The highest BCUT2D eigenvalue weighted by Crippen LogP contribution is 2.25. The highest BCUT2D eigenvalue weighted by molar-refractivity contribution is 7.10. The van der Waals surface area contributed by atoms with E-state index < -0.39 is 0 Å². The molecule has 0 spiro atoms. The maximum absolute atomic E-state index is 12.0. The van der Waals surface area contributed by atoms with Crippen LogP contribution in [0.2, 0.25) is 0 Å². The summed E-state index contributed by atoms with van der Waals surface area (Å²) < 4.78 is 0. The molecule has 0 radical (unpaired) electrons. The van der Waals surface area contributed by atoms with Crippen molar-refractivity contribution in [2.75, 3.05) is 6.54 Å². The van der Waals surface area contributed by atoms with E-state index in [2.05, 4.69) is 42.5 Å². The summed E-state index contributed by atoms with van der Waals surface area (Å²) in [5, 5.41) is 11.3. The molecule has 2 aromatic rings. The Morgan fingerprint density at radius 1 is 1.38 bits per heavy atom. The van der Waals surface area contributed by atoms with Crippen LogP contribution in [0.4, 0.5) is 0 Å². The molecule has 2 aromatic heterocycles. The number of nitrogens with zero attached hydrogens (tertiary/aromatic N) is 1. The van der Waals surface area contributed by atoms with Gasteiger partial charge in [-0.2, -0.15) is 0 Å². The predicted octanol–water partition coefficient (Wildman–Crippen LogP) is 3.04. The van der Waals surface area contributed by atoms with Crippen LogP contribution in [-0.4, -0.2) is 17.4 Å². The number of carbonyl (C=O) groups is 1. The summed E-state index contributed by atoms with van der Waals surface area (Å²) in [5.74, 6) is 0.0130. The first-order chi connectivity index (χ1) is 10.0. The van der Waals surface area contributed by atoms with Crippen LogP contribution in [0.1, 0.15) is 35.7 Å². The second kappa shape index (κ2) is 7.15. The largest absolute Gasteiger partial charge is 0.350 e. The molecule has 0 bridgehead atoms. The molecule has 0 aliphatic heterocycles. The molecule has 0 aliphatic carbocycles. The van der Waals surface area contributed by atoms with Gasteiger partial charge in [-0.3, -0.25) is 10.1 Å². The zero-order chi connectivity index (χ0) is 15.3. The van der Waals surface area contributed by atoms with E-state index in [1.54, 1.807) is 28.9 Å². The van der Waals surface area contributed by atoms with Crippen LogP contribution in [0.25, 0.3) is 0 Å². The Balaban J connectivity index is 1.84. The standard InChI is InChI=1S/C15H21N3OS2/c1-4-15(3,14-16-6-8-21-14)18-10-13(19)17-9-12-11(2)5-7-20-12/h5-8,18H,4,9-10H2,1-3H3,(H,17,19)/t15-/m0/s1. The molecule has 0 saturated heterocycles. The van der Waals surface area contributed by atoms with E-state index in [4.69, 9.17) is 0 Å². The predicted molar refractivity (Wildman–Crippen MR) is 88.7 cm³/mol. The molecule has 2 N–H and O–H groups in total. The fourth-order valence-electron chi connectivity index (χ4n) is 1.95.